The Morgan fingerprint density at radius 1 is 1.14 bits per heavy atom. The van der Waals surface area contributed by atoms with Crippen LogP contribution < -0.4 is 5.73 Å². The first-order valence-corrected chi connectivity index (χ1v) is 6.02. The van der Waals surface area contributed by atoms with Crippen LogP contribution in [0, 0.1) is 22.7 Å². The van der Waals surface area contributed by atoms with Gasteiger partial charge >= 0.3 is 0 Å². The summed E-state index contributed by atoms with van der Waals surface area (Å²) in [5.41, 5.74) is 7.24. The Labute approximate surface area is 89.5 Å². The van der Waals surface area contributed by atoms with Gasteiger partial charge in [-0.3, -0.25) is 0 Å². The third-order valence-corrected chi connectivity index (χ3v) is 4.92. The van der Waals surface area contributed by atoms with Crippen molar-refractivity contribution in [3.63, 3.8) is 0 Å². The molecule has 0 saturated heterocycles. The highest BCUT2D eigenvalue weighted by molar-refractivity contribution is 5.16. The molecule has 1 fully saturated rings. The molecule has 2 atom stereocenters. The van der Waals surface area contributed by atoms with Crippen LogP contribution >= 0.6 is 0 Å². The van der Waals surface area contributed by atoms with Crippen LogP contribution in [-0.4, -0.2) is 6.04 Å². The lowest BCUT2D eigenvalue weighted by Gasteiger charge is -2.21. The van der Waals surface area contributed by atoms with Crippen molar-refractivity contribution in [2.24, 2.45) is 28.4 Å². The molecule has 0 aromatic carbocycles. The maximum absolute atomic E-state index is 6.36. The van der Waals surface area contributed by atoms with Crippen molar-refractivity contribution in [3.05, 3.63) is 0 Å². The Morgan fingerprint density at radius 2 is 1.57 bits per heavy atom. The first-order chi connectivity index (χ1) is 6.26. The second kappa shape index (κ2) is 3.52. The molecule has 1 heteroatoms. The molecule has 0 aliphatic heterocycles. The summed E-state index contributed by atoms with van der Waals surface area (Å²) in [5, 5.41) is 0. The van der Waals surface area contributed by atoms with E-state index in [0.29, 0.717) is 28.7 Å². The average molecular weight is 197 g/mol. The SMILES string of the molecule is CCCC(C)C(N)C1C(C)(C)C1(C)C. The van der Waals surface area contributed by atoms with E-state index in [1.165, 1.54) is 12.8 Å². The molecule has 0 heterocycles. The lowest BCUT2D eigenvalue weighted by atomic mass is 9.90. The number of rotatable bonds is 4. The van der Waals surface area contributed by atoms with Gasteiger partial charge in [0, 0.05) is 6.04 Å². The van der Waals surface area contributed by atoms with Gasteiger partial charge in [0.25, 0.3) is 0 Å². The van der Waals surface area contributed by atoms with Crippen LogP contribution in [0.4, 0.5) is 0 Å². The Hall–Kier alpha value is -0.0400. The molecule has 0 aromatic rings. The van der Waals surface area contributed by atoms with Gasteiger partial charge in [-0.2, -0.15) is 0 Å². The molecule has 0 spiro atoms. The van der Waals surface area contributed by atoms with Crippen molar-refractivity contribution in [3.8, 4) is 0 Å². The predicted molar refractivity (Wildman–Crippen MR) is 63.1 cm³/mol. The van der Waals surface area contributed by atoms with Gasteiger partial charge in [0.2, 0.25) is 0 Å². The minimum Gasteiger partial charge on any atom is -0.327 e. The third-order valence-electron chi connectivity index (χ3n) is 4.92. The van der Waals surface area contributed by atoms with Crippen molar-refractivity contribution >= 4 is 0 Å². The lowest BCUT2D eigenvalue weighted by molar-refractivity contribution is 0.344. The maximum atomic E-state index is 6.36. The van der Waals surface area contributed by atoms with Crippen LogP contribution in [0.2, 0.25) is 0 Å². The molecular weight excluding hydrogens is 170 g/mol. The van der Waals surface area contributed by atoms with Crippen molar-refractivity contribution < 1.29 is 0 Å². The van der Waals surface area contributed by atoms with Gasteiger partial charge in [0.15, 0.2) is 0 Å². The smallest absolute Gasteiger partial charge is 0.0104 e. The summed E-state index contributed by atoms with van der Waals surface area (Å²) in [6.45, 7) is 14.0. The van der Waals surface area contributed by atoms with E-state index < -0.39 is 0 Å². The highest BCUT2D eigenvalue weighted by Gasteiger charge is 2.66. The van der Waals surface area contributed by atoms with Crippen LogP contribution in [0.15, 0.2) is 0 Å². The van der Waals surface area contributed by atoms with Crippen molar-refractivity contribution in [2.45, 2.75) is 60.4 Å². The zero-order valence-corrected chi connectivity index (χ0v) is 10.7. The van der Waals surface area contributed by atoms with E-state index >= 15 is 0 Å². The Bertz CT molecular complexity index is 191. The standard InChI is InChI=1S/C13H27N/c1-7-8-9(2)10(14)11-12(3,4)13(11,5)6/h9-11H,7-8,14H2,1-6H3. The van der Waals surface area contributed by atoms with Gasteiger partial charge in [-0.1, -0.05) is 48.0 Å². The fourth-order valence-corrected chi connectivity index (χ4v) is 3.19. The second-order valence-corrected chi connectivity index (χ2v) is 6.26. The van der Waals surface area contributed by atoms with Crippen LogP contribution in [0.25, 0.3) is 0 Å². The third kappa shape index (κ3) is 1.60. The van der Waals surface area contributed by atoms with Crippen LogP contribution in [0.1, 0.15) is 54.4 Å². The first kappa shape index (κ1) is 12.0. The highest BCUT2D eigenvalue weighted by atomic mass is 14.8. The maximum Gasteiger partial charge on any atom is 0.0104 e. The molecule has 0 aromatic heterocycles. The van der Waals surface area contributed by atoms with E-state index in [1.54, 1.807) is 0 Å². The predicted octanol–water partition coefficient (Wildman–Crippen LogP) is 3.43. The summed E-state index contributed by atoms with van der Waals surface area (Å²) in [7, 11) is 0. The summed E-state index contributed by atoms with van der Waals surface area (Å²) in [5.74, 6) is 1.38. The van der Waals surface area contributed by atoms with Gasteiger partial charge in [-0.15, -0.1) is 0 Å². The van der Waals surface area contributed by atoms with E-state index in [2.05, 4.69) is 41.5 Å². The van der Waals surface area contributed by atoms with Gasteiger partial charge in [0.05, 0.1) is 0 Å². The molecule has 0 bridgehead atoms. The van der Waals surface area contributed by atoms with E-state index in [0.717, 1.165) is 0 Å². The van der Waals surface area contributed by atoms with E-state index in [1.807, 2.05) is 0 Å². The zero-order valence-electron chi connectivity index (χ0n) is 10.7. The minimum atomic E-state index is 0.389. The topological polar surface area (TPSA) is 26.0 Å². The molecule has 84 valence electrons. The second-order valence-electron chi connectivity index (χ2n) is 6.26. The van der Waals surface area contributed by atoms with Crippen molar-refractivity contribution in [2.75, 3.05) is 0 Å². The van der Waals surface area contributed by atoms with Gasteiger partial charge in [0.1, 0.15) is 0 Å². The number of hydrogen-bond donors (Lipinski definition) is 1. The van der Waals surface area contributed by atoms with E-state index in [-0.39, 0.29) is 0 Å². The Kier molecular flexibility index (Phi) is 3.02. The highest BCUT2D eigenvalue weighted by Crippen LogP contribution is 2.70. The Balaban J connectivity index is 2.61. The molecule has 0 amide bonds. The van der Waals surface area contributed by atoms with Crippen molar-refractivity contribution in [1.29, 1.82) is 0 Å². The van der Waals surface area contributed by atoms with Gasteiger partial charge < -0.3 is 5.73 Å². The Morgan fingerprint density at radius 3 is 1.86 bits per heavy atom. The largest absolute Gasteiger partial charge is 0.327 e. The average Bonchev–Trinajstić information content (AvgIpc) is 2.42. The minimum absolute atomic E-state index is 0.389. The summed E-state index contributed by atoms with van der Waals surface area (Å²) in [6.07, 6.45) is 2.52. The quantitative estimate of drug-likeness (QED) is 0.734. The molecular formula is C13H27N. The lowest BCUT2D eigenvalue weighted by Crippen LogP contribution is -2.33. The number of hydrogen-bond acceptors (Lipinski definition) is 1. The van der Waals surface area contributed by atoms with E-state index in [9.17, 15) is 0 Å². The van der Waals surface area contributed by atoms with E-state index in [4.69, 9.17) is 5.73 Å². The molecule has 1 saturated carbocycles. The monoisotopic (exact) mass is 197 g/mol. The van der Waals surface area contributed by atoms with Crippen LogP contribution in [-0.2, 0) is 0 Å². The molecule has 2 N–H and O–H groups in total. The van der Waals surface area contributed by atoms with Crippen LogP contribution in [0.5, 0.6) is 0 Å². The fraction of sp³-hybridized carbons (Fsp3) is 1.00. The number of nitrogens with two attached hydrogens (primary N) is 1. The normalized spacial score (nSPS) is 28.5. The fourth-order valence-electron chi connectivity index (χ4n) is 3.19. The zero-order chi connectivity index (χ0) is 11.1. The van der Waals surface area contributed by atoms with Gasteiger partial charge in [-0.05, 0) is 29.1 Å². The molecule has 0 radical (unpaired) electrons. The molecule has 1 nitrogen and oxygen atoms in total. The van der Waals surface area contributed by atoms with Crippen LogP contribution in [0.3, 0.4) is 0 Å². The first-order valence-electron chi connectivity index (χ1n) is 6.02. The summed E-state index contributed by atoms with van der Waals surface area (Å²) < 4.78 is 0. The molecule has 1 aliphatic rings. The van der Waals surface area contributed by atoms with Crippen molar-refractivity contribution in [1.82, 2.24) is 0 Å². The molecule has 1 aliphatic carbocycles. The summed E-state index contributed by atoms with van der Waals surface area (Å²) in [6, 6.07) is 0.389. The molecule has 1 rings (SSSR count). The van der Waals surface area contributed by atoms with Gasteiger partial charge in [-0.25, -0.2) is 0 Å². The summed E-state index contributed by atoms with van der Waals surface area (Å²) >= 11 is 0. The summed E-state index contributed by atoms with van der Waals surface area (Å²) in [4.78, 5) is 0. The molecule has 14 heavy (non-hydrogen) atoms. The molecule has 2 unspecified atom stereocenters.